The largest absolute Gasteiger partial charge is 0.382 e. The maximum absolute atomic E-state index is 5.05. The fourth-order valence-corrected chi connectivity index (χ4v) is 0.484. The molecule has 0 aromatic carbocycles. The highest BCUT2D eigenvalue weighted by Crippen LogP contribution is 1.88. The summed E-state index contributed by atoms with van der Waals surface area (Å²) >= 11 is 0. The lowest BCUT2D eigenvalue weighted by Crippen LogP contribution is -2.14. The normalized spacial score (nSPS) is 13.9. The fraction of sp³-hybridized carbons (Fsp3) is 0.833. The van der Waals surface area contributed by atoms with Crippen molar-refractivity contribution in [3.05, 3.63) is 6.92 Å². The molecule has 1 unspecified atom stereocenters. The molecule has 0 aliphatic rings. The van der Waals surface area contributed by atoms with Gasteiger partial charge in [-0.15, -0.1) is 0 Å². The van der Waals surface area contributed by atoms with Gasteiger partial charge in [-0.1, -0.05) is 0 Å². The Morgan fingerprint density at radius 2 is 2.25 bits per heavy atom. The third kappa shape index (κ3) is 4.09. The maximum atomic E-state index is 5.05. The van der Waals surface area contributed by atoms with E-state index in [0.717, 1.165) is 0 Å². The van der Waals surface area contributed by atoms with Crippen molar-refractivity contribution in [3.63, 3.8) is 0 Å². The van der Waals surface area contributed by atoms with Crippen molar-refractivity contribution in [2.75, 3.05) is 20.3 Å². The average Bonchev–Trinajstić information content (AvgIpc) is 1.68. The summed E-state index contributed by atoms with van der Waals surface area (Å²) < 4.78 is 9.85. The number of ether oxygens (including phenoxy) is 2. The highest BCUT2D eigenvalue weighted by molar-refractivity contribution is 4.45. The summed E-state index contributed by atoms with van der Waals surface area (Å²) in [5, 5.41) is 0. The van der Waals surface area contributed by atoms with Gasteiger partial charge in [0, 0.05) is 13.7 Å². The first-order valence-electron chi connectivity index (χ1n) is 2.71. The molecule has 0 N–H and O–H groups in total. The fourth-order valence-electron chi connectivity index (χ4n) is 0.484. The van der Waals surface area contributed by atoms with Crippen molar-refractivity contribution in [1.29, 1.82) is 0 Å². The van der Waals surface area contributed by atoms with Gasteiger partial charge in [0.15, 0.2) is 0 Å². The summed E-state index contributed by atoms with van der Waals surface area (Å²) in [6.07, 6.45) is 0.178. The third-order valence-corrected chi connectivity index (χ3v) is 0.804. The lowest BCUT2D eigenvalue weighted by atomic mass is 10.4. The smallest absolute Gasteiger partial charge is 0.0780 e. The molecule has 8 heavy (non-hydrogen) atoms. The zero-order valence-corrected chi connectivity index (χ0v) is 5.52. The minimum absolute atomic E-state index is 0.178. The van der Waals surface area contributed by atoms with Crippen molar-refractivity contribution in [3.8, 4) is 0 Å². The van der Waals surface area contributed by atoms with Crippen LogP contribution >= 0.6 is 0 Å². The quantitative estimate of drug-likeness (QED) is 0.544. The van der Waals surface area contributed by atoms with Crippen LogP contribution in [0.1, 0.15) is 6.92 Å². The molecule has 0 saturated carbocycles. The molecular formula is C6H13O2. The average molecular weight is 117 g/mol. The lowest BCUT2D eigenvalue weighted by molar-refractivity contribution is 0.0220. The predicted molar refractivity (Wildman–Crippen MR) is 32.6 cm³/mol. The highest BCUT2D eigenvalue weighted by Gasteiger charge is 1.96. The molecule has 0 aliphatic carbocycles. The SMILES string of the molecule is [CH2]COC(C)COC. The van der Waals surface area contributed by atoms with E-state index in [-0.39, 0.29) is 6.10 Å². The van der Waals surface area contributed by atoms with Crippen molar-refractivity contribution in [2.45, 2.75) is 13.0 Å². The second-order valence-corrected chi connectivity index (χ2v) is 1.64. The van der Waals surface area contributed by atoms with E-state index in [1.54, 1.807) is 7.11 Å². The molecule has 0 aromatic rings. The highest BCUT2D eigenvalue weighted by atomic mass is 16.5. The monoisotopic (exact) mass is 117 g/mol. The van der Waals surface area contributed by atoms with Gasteiger partial charge in [0.05, 0.1) is 12.7 Å². The van der Waals surface area contributed by atoms with E-state index in [1.165, 1.54) is 0 Å². The van der Waals surface area contributed by atoms with E-state index in [1.807, 2.05) is 6.92 Å². The van der Waals surface area contributed by atoms with Crippen LogP contribution in [0.3, 0.4) is 0 Å². The molecule has 49 valence electrons. The first-order valence-corrected chi connectivity index (χ1v) is 2.71. The van der Waals surface area contributed by atoms with Gasteiger partial charge in [-0.05, 0) is 13.8 Å². The summed E-state index contributed by atoms with van der Waals surface area (Å²) in [6.45, 7) is 6.65. The molecule has 0 amide bonds. The van der Waals surface area contributed by atoms with Crippen LogP contribution in [0.4, 0.5) is 0 Å². The zero-order valence-electron chi connectivity index (χ0n) is 5.52. The zero-order chi connectivity index (χ0) is 6.41. The molecule has 0 aromatic heterocycles. The molecule has 0 aliphatic heterocycles. The van der Waals surface area contributed by atoms with Crippen LogP contribution < -0.4 is 0 Å². The lowest BCUT2D eigenvalue weighted by Gasteiger charge is -2.08. The van der Waals surface area contributed by atoms with Gasteiger partial charge < -0.3 is 9.47 Å². The standard InChI is InChI=1S/C6H13O2/c1-4-8-6(2)5-7-3/h6H,1,4-5H2,2-3H3. The summed E-state index contributed by atoms with van der Waals surface area (Å²) in [7, 11) is 1.66. The third-order valence-electron chi connectivity index (χ3n) is 0.804. The first kappa shape index (κ1) is 7.92. The molecule has 0 heterocycles. The topological polar surface area (TPSA) is 18.5 Å². The van der Waals surface area contributed by atoms with Gasteiger partial charge >= 0.3 is 0 Å². The molecule has 1 radical (unpaired) electrons. The second-order valence-electron chi connectivity index (χ2n) is 1.64. The molecule has 0 saturated heterocycles. The Hall–Kier alpha value is -0.0800. The maximum Gasteiger partial charge on any atom is 0.0780 e. The van der Waals surface area contributed by atoms with E-state index in [2.05, 4.69) is 6.92 Å². The molecular weight excluding hydrogens is 104 g/mol. The Labute approximate surface area is 50.8 Å². The number of hydrogen-bond acceptors (Lipinski definition) is 2. The molecule has 0 fully saturated rings. The number of methoxy groups -OCH3 is 1. The minimum atomic E-state index is 0.178. The van der Waals surface area contributed by atoms with Crippen molar-refractivity contribution in [1.82, 2.24) is 0 Å². The number of rotatable bonds is 4. The Morgan fingerprint density at radius 3 is 2.62 bits per heavy atom. The van der Waals surface area contributed by atoms with Crippen molar-refractivity contribution >= 4 is 0 Å². The van der Waals surface area contributed by atoms with Crippen LogP contribution in [-0.2, 0) is 9.47 Å². The molecule has 0 spiro atoms. The van der Waals surface area contributed by atoms with Gasteiger partial charge in [-0.2, -0.15) is 0 Å². The van der Waals surface area contributed by atoms with Crippen LogP contribution in [0.25, 0.3) is 0 Å². The summed E-state index contributed by atoms with van der Waals surface area (Å²) in [4.78, 5) is 0. The minimum Gasteiger partial charge on any atom is -0.382 e. The van der Waals surface area contributed by atoms with Crippen LogP contribution in [0, 0.1) is 6.92 Å². The van der Waals surface area contributed by atoms with Gasteiger partial charge in [-0.25, -0.2) is 0 Å². The summed E-state index contributed by atoms with van der Waals surface area (Å²) in [6, 6.07) is 0. The van der Waals surface area contributed by atoms with E-state index in [0.29, 0.717) is 13.2 Å². The van der Waals surface area contributed by atoms with Crippen molar-refractivity contribution < 1.29 is 9.47 Å². The van der Waals surface area contributed by atoms with Crippen LogP contribution in [0.5, 0.6) is 0 Å². The van der Waals surface area contributed by atoms with Crippen molar-refractivity contribution in [2.24, 2.45) is 0 Å². The van der Waals surface area contributed by atoms with Crippen LogP contribution in [0.15, 0.2) is 0 Å². The summed E-state index contributed by atoms with van der Waals surface area (Å²) in [5.41, 5.74) is 0. The van der Waals surface area contributed by atoms with Crippen LogP contribution in [-0.4, -0.2) is 26.4 Å². The Bertz CT molecular complexity index is 39.8. The Balaban J connectivity index is 2.92. The predicted octanol–water partition coefficient (Wildman–Crippen LogP) is 0.872. The molecule has 2 nitrogen and oxygen atoms in total. The molecule has 0 rings (SSSR count). The van der Waals surface area contributed by atoms with E-state index >= 15 is 0 Å². The second kappa shape index (κ2) is 5.06. The summed E-state index contributed by atoms with van der Waals surface area (Å²) in [5.74, 6) is 0. The van der Waals surface area contributed by atoms with E-state index in [4.69, 9.17) is 9.47 Å². The molecule has 0 bridgehead atoms. The van der Waals surface area contributed by atoms with Crippen LogP contribution in [0.2, 0.25) is 0 Å². The molecule has 1 atom stereocenters. The van der Waals surface area contributed by atoms with Gasteiger partial charge in [0.2, 0.25) is 0 Å². The van der Waals surface area contributed by atoms with E-state index in [9.17, 15) is 0 Å². The number of hydrogen-bond donors (Lipinski definition) is 0. The van der Waals surface area contributed by atoms with E-state index < -0.39 is 0 Å². The first-order chi connectivity index (χ1) is 3.81. The Morgan fingerprint density at radius 1 is 1.62 bits per heavy atom. The Kier molecular flexibility index (Phi) is 5.01. The molecule has 2 heteroatoms. The van der Waals surface area contributed by atoms with Gasteiger partial charge in [-0.3, -0.25) is 0 Å². The van der Waals surface area contributed by atoms with Gasteiger partial charge in [0.1, 0.15) is 0 Å². The van der Waals surface area contributed by atoms with Gasteiger partial charge in [0.25, 0.3) is 0 Å².